The predicted octanol–water partition coefficient (Wildman–Crippen LogP) is 3.99. The largest absolute Gasteiger partial charge is 0.457 e. The molecule has 7 heteroatoms. The van der Waals surface area contributed by atoms with Crippen molar-refractivity contribution in [3.8, 4) is 11.5 Å². The Morgan fingerprint density at radius 2 is 1.85 bits per heavy atom. The number of carbonyl (C=O) groups is 1. The van der Waals surface area contributed by atoms with Gasteiger partial charge in [0.2, 0.25) is 0 Å². The van der Waals surface area contributed by atoms with Crippen molar-refractivity contribution in [1.29, 1.82) is 0 Å². The fourth-order valence-corrected chi connectivity index (χ4v) is 1.65. The average Bonchev–Trinajstić information content (AvgIpc) is 2.42. The number of ether oxygens (including phenoxy) is 1. The number of nitro groups is 1. The third-order valence-corrected chi connectivity index (χ3v) is 2.76. The Labute approximate surface area is 117 Å². The standard InChI is InChI=1S/C13H7ClFNO4/c14-11-3-1-10(6-12(11)15)20-9-2-4-13(16(18)19)8(5-9)7-17/h1-7H. The van der Waals surface area contributed by atoms with Crippen LogP contribution in [0.1, 0.15) is 10.4 Å². The van der Waals surface area contributed by atoms with Gasteiger partial charge in [-0.3, -0.25) is 14.9 Å². The van der Waals surface area contributed by atoms with Gasteiger partial charge in [0.1, 0.15) is 17.3 Å². The number of nitro benzene ring substituents is 1. The summed E-state index contributed by atoms with van der Waals surface area (Å²) in [6.45, 7) is 0. The van der Waals surface area contributed by atoms with Crippen LogP contribution < -0.4 is 4.74 Å². The first-order chi connectivity index (χ1) is 9.51. The molecule has 0 spiro atoms. The predicted molar refractivity (Wildman–Crippen MR) is 70.0 cm³/mol. The van der Waals surface area contributed by atoms with Crippen molar-refractivity contribution in [2.45, 2.75) is 0 Å². The van der Waals surface area contributed by atoms with Crippen LogP contribution in [0.25, 0.3) is 0 Å². The first kappa shape index (κ1) is 14.0. The number of aldehydes is 1. The fraction of sp³-hybridized carbons (Fsp3) is 0. The lowest BCUT2D eigenvalue weighted by Gasteiger charge is -2.07. The number of rotatable bonds is 4. The van der Waals surface area contributed by atoms with Crippen molar-refractivity contribution in [3.63, 3.8) is 0 Å². The van der Waals surface area contributed by atoms with Crippen LogP contribution in [0, 0.1) is 15.9 Å². The Morgan fingerprint density at radius 1 is 1.20 bits per heavy atom. The van der Waals surface area contributed by atoms with E-state index in [-0.39, 0.29) is 27.8 Å². The molecule has 0 heterocycles. The van der Waals surface area contributed by atoms with E-state index in [1.165, 1.54) is 24.3 Å². The zero-order valence-corrected chi connectivity index (χ0v) is 10.6. The zero-order chi connectivity index (χ0) is 14.7. The third-order valence-electron chi connectivity index (χ3n) is 2.45. The van der Waals surface area contributed by atoms with Crippen LogP contribution in [0.3, 0.4) is 0 Å². The Morgan fingerprint density at radius 3 is 2.45 bits per heavy atom. The normalized spacial score (nSPS) is 10.1. The van der Waals surface area contributed by atoms with Gasteiger partial charge in [-0.05, 0) is 24.3 Å². The lowest BCUT2D eigenvalue weighted by molar-refractivity contribution is -0.385. The van der Waals surface area contributed by atoms with Crippen molar-refractivity contribution in [2.24, 2.45) is 0 Å². The van der Waals surface area contributed by atoms with E-state index in [1.807, 2.05) is 0 Å². The van der Waals surface area contributed by atoms with Crippen molar-refractivity contribution >= 4 is 23.6 Å². The molecule has 0 aliphatic rings. The van der Waals surface area contributed by atoms with Crippen LogP contribution >= 0.6 is 11.6 Å². The number of hydrogen-bond donors (Lipinski definition) is 0. The molecule has 0 saturated carbocycles. The summed E-state index contributed by atoms with van der Waals surface area (Å²) in [4.78, 5) is 20.8. The highest BCUT2D eigenvalue weighted by molar-refractivity contribution is 6.30. The molecule has 2 rings (SSSR count). The Bertz CT molecular complexity index is 690. The molecule has 2 aromatic carbocycles. The lowest BCUT2D eigenvalue weighted by atomic mass is 10.2. The summed E-state index contributed by atoms with van der Waals surface area (Å²) in [6.07, 6.45) is 0.355. The van der Waals surface area contributed by atoms with Gasteiger partial charge in [0.15, 0.2) is 6.29 Å². The lowest BCUT2D eigenvalue weighted by Crippen LogP contribution is -1.95. The van der Waals surface area contributed by atoms with E-state index in [9.17, 15) is 19.3 Å². The molecule has 2 aromatic rings. The molecule has 0 aliphatic heterocycles. The minimum absolute atomic E-state index is 0.0466. The molecular formula is C13H7ClFNO4. The molecule has 0 saturated heterocycles. The van der Waals surface area contributed by atoms with Crippen LogP contribution in [-0.2, 0) is 0 Å². The summed E-state index contributed by atoms with van der Waals surface area (Å²) in [7, 11) is 0. The molecule has 0 bridgehead atoms. The van der Waals surface area contributed by atoms with Gasteiger partial charge in [-0.1, -0.05) is 11.6 Å². The van der Waals surface area contributed by atoms with Crippen molar-refractivity contribution in [3.05, 3.63) is 62.9 Å². The molecule has 20 heavy (non-hydrogen) atoms. The molecular weight excluding hydrogens is 289 g/mol. The topological polar surface area (TPSA) is 69.4 Å². The van der Waals surface area contributed by atoms with Gasteiger partial charge in [-0.2, -0.15) is 0 Å². The van der Waals surface area contributed by atoms with Gasteiger partial charge >= 0.3 is 0 Å². The first-order valence-corrected chi connectivity index (χ1v) is 5.75. The van der Waals surface area contributed by atoms with Gasteiger partial charge in [0.25, 0.3) is 5.69 Å². The second-order valence-corrected chi connectivity index (χ2v) is 4.18. The highest BCUT2D eigenvalue weighted by Gasteiger charge is 2.14. The van der Waals surface area contributed by atoms with Crippen molar-refractivity contribution in [1.82, 2.24) is 0 Å². The smallest absolute Gasteiger partial charge is 0.280 e. The minimum atomic E-state index is -0.671. The zero-order valence-electron chi connectivity index (χ0n) is 9.88. The monoisotopic (exact) mass is 295 g/mol. The van der Waals surface area contributed by atoms with Gasteiger partial charge in [-0.15, -0.1) is 0 Å². The molecule has 0 amide bonds. The van der Waals surface area contributed by atoms with Gasteiger partial charge < -0.3 is 4.74 Å². The maximum Gasteiger partial charge on any atom is 0.280 e. The SMILES string of the molecule is O=Cc1cc(Oc2ccc(Cl)c(F)c2)ccc1[N+](=O)[O-]. The second kappa shape index (κ2) is 5.66. The third kappa shape index (κ3) is 2.92. The second-order valence-electron chi connectivity index (χ2n) is 3.77. The molecule has 0 aliphatic carbocycles. The highest BCUT2D eigenvalue weighted by Crippen LogP contribution is 2.28. The van der Waals surface area contributed by atoms with Crippen LogP contribution in [0.2, 0.25) is 5.02 Å². The molecule has 0 radical (unpaired) electrons. The van der Waals surface area contributed by atoms with Crippen LogP contribution in [0.15, 0.2) is 36.4 Å². The Balaban J connectivity index is 2.32. The summed E-state index contributed by atoms with van der Waals surface area (Å²) in [6, 6.07) is 7.50. The molecule has 0 fully saturated rings. The fourth-order valence-electron chi connectivity index (χ4n) is 1.53. The molecule has 0 atom stereocenters. The maximum absolute atomic E-state index is 13.2. The quantitative estimate of drug-likeness (QED) is 0.486. The number of halogens is 2. The number of hydrogen-bond acceptors (Lipinski definition) is 4. The van der Waals surface area contributed by atoms with E-state index in [0.717, 1.165) is 12.1 Å². The summed E-state index contributed by atoms with van der Waals surface area (Å²) in [5.41, 5.74) is -0.448. The van der Waals surface area contributed by atoms with E-state index in [4.69, 9.17) is 16.3 Å². The average molecular weight is 296 g/mol. The number of benzene rings is 2. The van der Waals surface area contributed by atoms with Crippen LogP contribution in [0.4, 0.5) is 10.1 Å². The van der Waals surface area contributed by atoms with Crippen LogP contribution in [-0.4, -0.2) is 11.2 Å². The minimum Gasteiger partial charge on any atom is -0.457 e. The molecule has 0 N–H and O–H groups in total. The summed E-state index contributed by atoms with van der Waals surface area (Å²) >= 11 is 5.54. The molecule has 102 valence electrons. The van der Waals surface area contributed by atoms with E-state index in [1.54, 1.807) is 0 Å². The van der Waals surface area contributed by atoms with Gasteiger partial charge in [0.05, 0.1) is 15.5 Å². The molecule has 0 aromatic heterocycles. The Kier molecular flexibility index (Phi) is 3.95. The highest BCUT2D eigenvalue weighted by atomic mass is 35.5. The van der Waals surface area contributed by atoms with Gasteiger partial charge in [-0.25, -0.2) is 4.39 Å². The van der Waals surface area contributed by atoms with Crippen molar-refractivity contribution < 1.29 is 18.8 Å². The number of carbonyl (C=O) groups excluding carboxylic acids is 1. The van der Waals surface area contributed by atoms with E-state index < -0.39 is 10.7 Å². The molecule has 0 unspecified atom stereocenters. The maximum atomic E-state index is 13.2. The van der Waals surface area contributed by atoms with E-state index in [0.29, 0.717) is 6.29 Å². The Hall–Kier alpha value is -2.47. The summed E-state index contributed by atoms with van der Waals surface area (Å²) < 4.78 is 18.6. The van der Waals surface area contributed by atoms with Crippen LogP contribution in [0.5, 0.6) is 11.5 Å². The van der Waals surface area contributed by atoms with Crippen molar-refractivity contribution in [2.75, 3.05) is 0 Å². The molecule has 5 nitrogen and oxygen atoms in total. The van der Waals surface area contributed by atoms with E-state index >= 15 is 0 Å². The summed E-state index contributed by atoms with van der Waals surface area (Å²) in [5.74, 6) is -0.307. The first-order valence-electron chi connectivity index (χ1n) is 5.38. The van der Waals surface area contributed by atoms with E-state index in [2.05, 4.69) is 0 Å². The number of nitrogens with zero attached hydrogens (tertiary/aromatic N) is 1. The van der Waals surface area contributed by atoms with Gasteiger partial charge in [0, 0.05) is 12.1 Å². The summed E-state index contributed by atoms with van der Waals surface area (Å²) in [5, 5.41) is 10.6.